The van der Waals surface area contributed by atoms with Crippen molar-refractivity contribution in [3.05, 3.63) is 0 Å². The predicted octanol–water partition coefficient (Wildman–Crippen LogP) is 1.64. The summed E-state index contributed by atoms with van der Waals surface area (Å²) in [7, 11) is 0. The highest BCUT2D eigenvalue weighted by Crippen LogP contribution is 2.36. The first kappa shape index (κ1) is 11.6. The molecule has 0 aromatic rings. The Hall–Kier alpha value is 0.520. The van der Waals surface area contributed by atoms with Crippen LogP contribution in [0.3, 0.4) is 0 Å². The second-order valence-electron chi connectivity index (χ2n) is 2.33. The van der Waals surface area contributed by atoms with Crippen LogP contribution in [0.15, 0.2) is 0 Å². The lowest BCUT2D eigenvalue weighted by Gasteiger charge is -2.31. The zero-order valence-electron chi connectivity index (χ0n) is 6.06. The highest BCUT2D eigenvalue weighted by molar-refractivity contribution is 7.80. The first-order valence-corrected chi connectivity index (χ1v) is 5.17. The number of thiocarbonyl (C=S) groups is 1. The molecule has 1 heterocycles. The molecule has 13 heavy (non-hydrogen) atoms. The van der Waals surface area contributed by atoms with Crippen LogP contribution >= 0.6 is 58.6 Å². The summed E-state index contributed by atoms with van der Waals surface area (Å²) in [5.41, 5.74) is 0. The highest BCUT2D eigenvalue weighted by atomic mass is 35.5. The van der Waals surface area contributed by atoms with Crippen LogP contribution in [0, 0.1) is 0 Å². The van der Waals surface area contributed by atoms with Gasteiger partial charge in [-0.05, 0) is 12.2 Å². The average Bonchev–Trinajstić information content (AvgIpc) is 2.30. The van der Waals surface area contributed by atoms with Crippen LogP contribution in [-0.4, -0.2) is 31.8 Å². The van der Waals surface area contributed by atoms with Gasteiger partial charge in [-0.15, -0.1) is 0 Å². The molecule has 1 fully saturated rings. The third-order valence-corrected chi connectivity index (χ3v) is 3.66. The molecular formula is C5H4Cl4N2OS. The molecule has 0 bridgehead atoms. The first-order chi connectivity index (χ1) is 5.85. The van der Waals surface area contributed by atoms with E-state index in [0.717, 1.165) is 0 Å². The molecule has 0 spiro atoms. The van der Waals surface area contributed by atoms with Crippen LogP contribution in [0.4, 0.5) is 0 Å². The SMILES string of the molecule is O=C1CN(C(Cl)(Cl)C(Cl)Cl)C(=S)N1. The monoisotopic (exact) mass is 280 g/mol. The standard InChI is InChI=1S/C5H4Cl4N2OS/c6-3(7)5(8,9)11-1-2(12)10-4(11)13/h3H,1H2,(H,10,12,13). The van der Waals surface area contributed by atoms with Crippen LogP contribution in [0.5, 0.6) is 0 Å². The van der Waals surface area contributed by atoms with Crippen LogP contribution in [0.25, 0.3) is 0 Å². The summed E-state index contributed by atoms with van der Waals surface area (Å²) in [6.07, 6.45) is 0. The van der Waals surface area contributed by atoms with Crippen molar-refractivity contribution in [2.75, 3.05) is 6.54 Å². The molecule has 0 saturated carbocycles. The molecule has 3 nitrogen and oxygen atoms in total. The van der Waals surface area contributed by atoms with Gasteiger partial charge in [0.2, 0.25) is 10.4 Å². The van der Waals surface area contributed by atoms with Gasteiger partial charge in [-0.3, -0.25) is 4.79 Å². The molecule has 0 atom stereocenters. The van der Waals surface area contributed by atoms with Crippen molar-refractivity contribution < 1.29 is 4.79 Å². The van der Waals surface area contributed by atoms with Gasteiger partial charge in [-0.2, -0.15) is 0 Å². The van der Waals surface area contributed by atoms with E-state index in [1.54, 1.807) is 0 Å². The van der Waals surface area contributed by atoms with Crippen molar-refractivity contribution in [2.24, 2.45) is 0 Å². The average molecular weight is 282 g/mol. The predicted molar refractivity (Wildman–Crippen MR) is 57.4 cm³/mol. The fraction of sp³-hybridized carbons (Fsp3) is 0.600. The van der Waals surface area contributed by atoms with E-state index < -0.39 is 9.29 Å². The number of alkyl halides is 4. The van der Waals surface area contributed by atoms with E-state index in [9.17, 15) is 4.79 Å². The third kappa shape index (κ3) is 2.30. The molecule has 0 aliphatic carbocycles. The lowest BCUT2D eigenvalue weighted by Crippen LogP contribution is -2.46. The lowest BCUT2D eigenvalue weighted by molar-refractivity contribution is -0.118. The number of halogens is 4. The minimum Gasteiger partial charge on any atom is -0.306 e. The van der Waals surface area contributed by atoms with Gasteiger partial charge in [0.25, 0.3) is 0 Å². The number of nitrogens with zero attached hydrogens (tertiary/aromatic N) is 1. The fourth-order valence-corrected chi connectivity index (χ4v) is 1.75. The summed E-state index contributed by atoms with van der Waals surface area (Å²) < 4.78 is -1.58. The zero-order valence-corrected chi connectivity index (χ0v) is 9.90. The maximum Gasteiger partial charge on any atom is 0.245 e. The summed E-state index contributed by atoms with van der Waals surface area (Å²) in [6.45, 7) is -0.0399. The lowest BCUT2D eigenvalue weighted by atomic mass is 10.5. The number of carbonyl (C=O) groups is 1. The fourth-order valence-electron chi connectivity index (χ4n) is 0.800. The smallest absolute Gasteiger partial charge is 0.245 e. The molecule has 1 rings (SSSR count). The van der Waals surface area contributed by atoms with Gasteiger partial charge in [0, 0.05) is 0 Å². The number of nitrogens with one attached hydrogen (secondary N) is 1. The van der Waals surface area contributed by atoms with Gasteiger partial charge < -0.3 is 10.2 Å². The van der Waals surface area contributed by atoms with Crippen molar-refractivity contribution in [3.63, 3.8) is 0 Å². The highest BCUT2D eigenvalue weighted by Gasteiger charge is 2.44. The van der Waals surface area contributed by atoms with Crippen molar-refractivity contribution in [3.8, 4) is 0 Å². The van der Waals surface area contributed by atoms with E-state index in [2.05, 4.69) is 5.32 Å². The number of rotatable bonds is 2. The minimum absolute atomic E-state index is 0.0399. The largest absolute Gasteiger partial charge is 0.306 e. The van der Waals surface area contributed by atoms with Crippen molar-refractivity contribution in [1.82, 2.24) is 10.2 Å². The second-order valence-corrected chi connectivity index (χ2v) is 5.16. The molecular weight excluding hydrogens is 278 g/mol. The molecule has 1 aliphatic heterocycles. The molecule has 1 saturated heterocycles. The Morgan fingerprint density at radius 3 is 2.38 bits per heavy atom. The van der Waals surface area contributed by atoms with Gasteiger partial charge in [-0.1, -0.05) is 46.4 Å². The van der Waals surface area contributed by atoms with Crippen molar-refractivity contribution in [1.29, 1.82) is 0 Å². The van der Waals surface area contributed by atoms with Crippen LogP contribution in [0.2, 0.25) is 0 Å². The minimum atomic E-state index is -1.58. The normalized spacial score (nSPS) is 18.4. The van der Waals surface area contributed by atoms with Crippen LogP contribution in [-0.2, 0) is 4.79 Å². The summed E-state index contributed by atoms with van der Waals surface area (Å²) in [6, 6.07) is 0. The molecule has 0 unspecified atom stereocenters. The van der Waals surface area contributed by atoms with Gasteiger partial charge >= 0.3 is 0 Å². The Morgan fingerprint density at radius 2 is 2.08 bits per heavy atom. The number of amides is 1. The second kappa shape index (κ2) is 3.95. The molecule has 0 aromatic carbocycles. The molecule has 8 heteroatoms. The summed E-state index contributed by atoms with van der Waals surface area (Å²) in [5, 5.41) is 2.49. The third-order valence-electron chi connectivity index (χ3n) is 1.42. The van der Waals surface area contributed by atoms with Gasteiger partial charge in [0.05, 0.1) is 0 Å². The Morgan fingerprint density at radius 1 is 1.54 bits per heavy atom. The Kier molecular flexibility index (Phi) is 3.52. The van der Waals surface area contributed by atoms with E-state index in [0.29, 0.717) is 0 Å². The number of hydrogen-bond acceptors (Lipinski definition) is 2. The van der Waals surface area contributed by atoms with Crippen molar-refractivity contribution >= 4 is 69.6 Å². The summed E-state index contributed by atoms with van der Waals surface area (Å²) in [5.74, 6) is -0.287. The molecule has 1 amide bonds. The topological polar surface area (TPSA) is 32.3 Å². The van der Waals surface area contributed by atoms with Gasteiger partial charge in [0.1, 0.15) is 6.54 Å². The van der Waals surface area contributed by atoms with Crippen LogP contribution < -0.4 is 5.32 Å². The summed E-state index contributed by atoms with van der Waals surface area (Å²) >= 11 is 27.4. The molecule has 0 aromatic heterocycles. The Bertz CT molecular complexity index is 257. The Balaban J connectivity index is 2.83. The molecule has 1 N–H and O–H groups in total. The quantitative estimate of drug-likeness (QED) is 0.474. The molecule has 0 radical (unpaired) electrons. The maximum absolute atomic E-state index is 10.9. The van der Waals surface area contributed by atoms with Crippen molar-refractivity contribution in [2.45, 2.75) is 9.29 Å². The van der Waals surface area contributed by atoms with Gasteiger partial charge in [-0.25, -0.2) is 0 Å². The number of hydrogen-bond donors (Lipinski definition) is 1. The maximum atomic E-state index is 10.9. The zero-order chi connectivity index (χ0) is 10.2. The molecule has 1 aliphatic rings. The van der Waals surface area contributed by atoms with Gasteiger partial charge in [0.15, 0.2) is 9.95 Å². The van der Waals surface area contributed by atoms with Crippen LogP contribution in [0.1, 0.15) is 0 Å². The van der Waals surface area contributed by atoms with E-state index in [1.165, 1.54) is 4.90 Å². The molecule has 74 valence electrons. The summed E-state index contributed by atoms with van der Waals surface area (Å²) in [4.78, 5) is 11.0. The number of carbonyl (C=O) groups excluding carboxylic acids is 1. The van der Waals surface area contributed by atoms with E-state index >= 15 is 0 Å². The van der Waals surface area contributed by atoms with E-state index in [-0.39, 0.29) is 17.6 Å². The Labute approximate surface area is 100 Å². The van der Waals surface area contributed by atoms with E-state index in [1.807, 2.05) is 0 Å². The van der Waals surface area contributed by atoms with E-state index in [4.69, 9.17) is 58.6 Å². The first-order valence-electron chi connectivity index (χ1n) is 3.13.